The van der Waals surface area contributed by atoms with Gasteiger partial charge in [-0.1, -0.05) is 6.07 Å². The second-order valence-corrected chi connectivity index (χ2v) is 6.25. The Kier molecular flexibility index (Phi) is 5.98. The molecule has 0 aliphatic carbocycles. The number of hydrogen-bond donors (Lipinski definition) is 2. The molecule has 9 heteroatoms. The first kappa shape index (κ1) is 20.3. The van der Waals surface area contributed by atoms with Gasteiger partial charge in [-0.25, -0.2) is 4.68 Å². The summed E-state index contributed by atoms with van der Waals surface area (Å²) < 4.78 is 41.9. The van der Waals surface area contributed by atoms with Crippen LogP contribution >= 0.6 is 12.4 Å². The van der Waals surface area contributed by atoms with E-state index in [0.29, 0.717) is 18.8 Å². The lowest BCUT2D eigenvalue weighted by Crippen LogP contribution is -2.50. The number of rotatable bonds is 4. The summed E-state index contributed by atoms with van der Waals surface area (Å²) in [6.07, 6.45) is -4.51. The number of aromatic nitrogens is 2. The lowest BCUT2D eigenvalue weighted by Gasteiger charge is -2.26. The van der Waals surface area contributed by atoms with Gasteiger partial charge in [-0.2, -0.15) is 18.3 Å². The molecule has 2 aromatic rings. The minimum atomic E-state index is -4.51. The number of carbonyl (C=O) groups is 1. The minimum Gasteiger partial charge on any atom is -0.352 e. The molecule has 0 bridgehead atoms. The molecule has 142 valence electrons. The van der Waals surface area contributed by atoms with Gasteiger partial charge in [-0.3, -0.25) is 4.79 Å². The topological polar surface area (TPSA) is 59.0 Å². The summed E-state index contributed by atoms with van der Waals surface area (Å²) in [7, 11) is 0. The molecule has 0 saturated carbocycles. The van der Waals surface area contributed by atoms with Crippen molar-refractivity contribution in [2.75, 3.05) is 13.1 Å². The lowest BCUT2D eigenvalue weighted by molar-refractivity contribution is -0.138. The summed E-state index contributed by atoms with van der Waals surface area (Å²) in [5.74, 6) is -0.391. The van der Waals surface area contributed by atoms with Crippen molar-refractivity contribution in [2.24, 2.45) is 5.92 Å². The average molecular weight is 389 g/mol. The monoisotopic (exact) mass is 388 g/mol. The minimum absolute atomic E-state index is 0. The number of benzene rings is 1. The zero-order chi connectivity index (χ0) is 18.2. The van der Waals surface area contributed by atoms with E-state index in [1.807, 2.05) is 0 Å². The number of amides is 1. The molecule has 0 atom stereocenters. The van der Waals surface area contributed by atoms with Gasteiger partial charge in [-0.15, -0.1) is 12.4 Å². The van der Waals surface area contributed by atoms with Crippen LogP contribution in [0.3, 0.4) is 0 Å². The predicted octanol–water partition coefficient (Wildman–Crippen LogP) is 2.77. The van der Waals surface area contributed by atoms with Gasteiger partial charge in [0.05, 0.1) is 22.9 Å². The number of alkyl halides is 3. The highest BCUT2D eigenvalue weighted by atomic mass is 35.5. The molecule has 0 spiro atoms. The van der Waals surface area contributed by atoms with E-state index in [4.69, 9.17) is 0 Å². The van der Waals surface area contributed by atoms with E-state index in [9.17, 15) is 18.0 Å². The molecule has 0 radical (unpaired) electrons. The molecule has 1 saturated heterocycles. The second kappa shape index (κ2) is 7.67. The number of nitrogens with zero attached hydrogens (tertiary/aromatic N) is 2. The molecule has 1 amide bonds. The highest BCUT2D eigenvalue weighted by Gasteiger charge is 2.34. The predicted molar refractivity (Wildman–Crippen MR) is 93.5 cm³/mol. The zero-order valence-electron chi connectivity index (χ0n) is 14.4. The van der Waals surface area contributed by atoms with Crippen molar-refractivity contribution in [3.05, 3.63) is 46.8 Å². The van der Waals surface area contributed by atoms with E-state index in [1.165, 1.54) is 10.7 Å². The van der Waals surface area contributed by atoms with Crippen molar-refractivity contribution in [3.8, 4) is 5.69 Å². The van der Waals surface area contributed by atoms with Gasteiger partial charge in [0.2, 0.25) is 5.91 Å². The zero-order valence-corrected chi connectivity index (χ0v) is 15.2. The second-order valence-electron chi connectivity index (χ2n) is 6.25. The van der Waals surface area contributed by atoms with Crippen molar-refractivity contribution in [3.63, 3.8) is 0 Å². The maximum Gasteiger partial charge on any atom is 0.416 e. The van der Waals surface area contributed by atoms with Gasteiger partial charge >= 0.3 is 6.18 Å². The maximum atomic E-state index is 13.5. The van der Waals surface area contributed by atoms with Crippen molar-refractivity contribution in [1.82, 2.24) is 20.4 Å². The van der Waals surface area contributed by atoms with Crippen LogP contribution in [0, 0.1) is 19.8 Å². The molecule has 3 rings (SSSR count). The van der Waals surface area contributed by atoms with Crippen LogP contribution in [0.15, 0.2) is 24.3 Å². The first-order chi connectivity index (χ1) is 11.8. The molecule has 1 fully saturated rings. The van der Waals surface area contributed by atoms with Crippen LogP contribution in [0.2, 0.25) is 0 Å². The Labute approximate surface area is 155 Å². The number of aryl methyl sites for hydroxylation is 2. The number of carbonyl (C=O) groups excluding carboxylic acids is 1. The standard InChI is InChI=1S/C17H19F3N4O.ClH/c1-10-5-11(2)24(23-10)14-4-3-12(15(6-14)17(18,19)20)9-22-16(25)13-7-21-8-13;/h3-6,13,21H,7-9H2,1-2H3,(H,22,25);1H. The Morgan fingerprint density at radius 2 is 2.00 bits per heavy atom. The Balaban J connectivity index is 0.00000243. The van der Waals surface area contributed by atoms with Crippen LogP contribution in [0.5, 0.6) is 0 Å². The number of halogens is 4. The normalized spacial score (nSPS) is 14.5. The fourth-order valence-electron chi connectivity index (χ4n) is 2.81. The highest BCUT2D eigenvalue weighted by Crippen LogP contribution is 2.33. The fourth-order valence-corrected chi connectivity index (χ4v) is 2.81. The van der Waals surface area contributed by atoms with E-state index in [0.717, 1.165) is 17.5 Å². The molecular formula is C17H20ClF3N4O. The molecule has 2 N–H and O–H groups in total. The number of nitrogens with one attached hydrogen (secondary N) is 2. The van der Waals surface area contributed by atoms with E-state index in [1.54, 1.807) is 26.0 Å². The van der Waals surface area contributed by atoms with Gasteiger partial charge in [0, 0.05) is 25.3 Å². The quantitative estimate of drug-likeness (QED) is 0.846. The molecule has 1 aliphatic heterocycles. The summed E-state index contributed by atoms with van der Waals surface area (Å²) in [5.41, 5.74) is 1.11. The first-order valence-corrected chi connectivity index (χ1v) is 7.98. The Morgan fingerprint density at radius 3 is 2.50 bits per heavy atom. The van der Waals surface area contributed by atoms with E-state index in [2.05, 4.69) is 15.7 Å². The van der Waals surface area contributed by atoms with Crippen LogP contribution in [-0.4, -0.2) is 28.8 Å². The van der Waals surface area contributed by atoms with Crippen molar-refractivity contribution in [1.29, 1.82) is 0 Å². The van der Waals surface area contributed by atoms with Gasteiger partial charge in [0.15, 0.2) is 0 Å². The average Bonchev–Trinajstić information content (AvgIpc) is 2.81. The Morgan fingerprint density at radius 1 is 1.31 bits per heavy atom. The molecule has 2 heterocycles. The molecule has 1 aliphatic rings. The van der Waals surface area contributed by atoms with E-state index in [-0.39, 0.29) is 36.3 Å². The summed E-state index contributed by atoms with van der Waals surface area (Å²) in [4.78, 5) is 11.8. The molecule has 26 heavy (non-hydrogen) atoms. The van der Waals surface area contributed by atoms with Crippen LogP contribution in [0.25, 0.3) is 5.69 Å². The first-order valence-electron chi connectivity index (χ1n) is 7.98. The van der Waals surface area contributed by atoms with Gasteiger partial charge in [0.1, 0.15) is 0 Å². The number of hydrogen-bond acceptors (Lipinski definition) is 3. The lowest BCUT2D eigenvalue weighted by atomic mass is 10.0. The van der Waals surface area contributed by atoms with Crippen LogP contribution in [0.1, 0.15) is 22.5 Å². The summed E-state index contributed by atoms with van der Waals surface area (Å²) in [6.45, 7) is 4.55. The van der Waals surface area contributed by atoms with Crippen molar-refractivity contribution in [2.45, 2.75) is 26.6 Å². The maximum absolute atomic E-state index is 13.5. The summed E-state index contributed by atoms with van der Waals surface area (Å²) >= 11 is 0. The molecule has 1 aromatic heterocycles. The third-order valence-corrected chi connectivity index (χ3v) is 4.26. The van der Waals surface area contributed by atoms with Gasteiger partial charge in [0.25, 0.3) is 0 Å². The van der Waals surface area contributed by atoms with Crippen LogP contribution in [-0.2, 0) is 17.5 Å². The van der Waals surface area contributed by atoms with Gasteiger partial charge < -0.3 is 10.6 Å². The molecule has 1 aromatic carbocycles. The fraction of sp³-hybridized carbons (Fsp3) is 0.412. The van der Waals surface area contributed by atoms with E-state index >= 15 is 0 Å². The van der Waals surface area contributed by atoms with Crippen molar-refractivity contribution >= 4 is 18.3 Å². The molecular weight excluding hydrogens is 369 g/mol. The Bertz CT molecular complexity index is 800. The van der Waals surface area contributed by atoms with Gasteiger partial charge in [-0.05, 0) is 37.6 Å². The summed E-state index contributed by atoms with van der Waals surface area (Å²) in [5, 5.41) is 9.77. The highest BCUT2D eigenvalue weighted by molar-refractivity contribution is 5.85. The summed E-state index contributed by atoms with van der Waals surface area (Å²) in [6, 6.07) is 5.86. The van der Waals surface area contributed by atoms with Crippen LogP contribution in [0.4, 0.5) is 13.2 Å². The largest absolute Gasteiger partial charge is 0.416 e. The third kappa shape index (κ3) is 4.19. The smallest absolute Gasteiger partial charge is 0.352 e. The molecule has 0 unspecified atom stereocenters. The Hall–Kier alpha value is -2.06. The third-order valence-electron chi connectivity index (χ3n) is 4.26. The van der Waals surface area contributed by atoms with Crippen LogP contribution < -0.4 is 10.6 Å². The molecule has 5 nitrogen and oxygen atoms in total. The SMILES string of the molecule is Cc1cc(C)n(-c2ccc(CNC(=O)C3CNC3)c(C(F)(F)F)c2)n1.Cl. The van der Waals surface area contributed by atoms with E-state index < -0.39 is 11.7 Å². The van der Waals surface area contributed by atoms with Crippen molar-refractivity contribution < 1.29 is 18.0 Å².